The zero-order valence-electron chi connectivity index (χ0n) is 10.9. The van der Waals surface area contributed by atoms with Crippen molar-refractivity contribution in [3.8, 4) is 5.75 Å². The fourth-order valence-electron chi connectivity index (χ4n) is 3.63. The molecule has 3 nitrogen and oxygen atoms in total. The molecule has 3 unspecified atom stereocenters. The normalized spacial score (nSPS) is 29.6. The molecule has 0 aliphatic heterocycles. The van der Waals surface area contributed by atoms with Crippen molar-refractivity contribution in [2.24, 2.45) is 11.8 Å². The summed E-state index contributed by atoms with van der Waals surface area (Å²) < 4.78 is 5.22. The molecule has 0 radical (unpaired) electrons. The fraction of sp³-hybridized carbons (Fsp3) is 0.600. The number of hydrogen-bond acceptors (Lipinski definition) is 3. The van der Waals surface area contributed by atoms with Gasteiger partial charge in [0.25, 0.3) is 0 Å². The Morgan fingerprint density at radius 3 is 2.83 bits per heavy atom. The maximum atomic E-state index is 9.33. The van der Waals surface area contributed by atoms with Gasteiger partial charge in [-0.05, 0) is 49.3 Å². The summed E-state index contributed by atoms with van der Waals surface area (Å²) >= 11 is 0. The highest BCUT2D eigenvalue weighted by atomic mass is 16.5. The summed E-state index contributed by atoms with van der Waals surface area (Å²) in [6.07, 6.45) is 5.52. The van der Waals surface area contributed by atoms with Gasteiger partial charge in [-0.2, -0.15) is 0 Å². The first kappa shape index (κ1) is 11.8. The molecular formula is C15H21NO2. The number of aliphatic hydroxyl groups excluding tert-OH is 1. The Labute approximate surface area is 108 Å². The first-order valence-corrected chi connectivity index (χ1v) is 6.84. The van der Waals surface area contributed by atoms with Crippen molar-refractivity contribution in [3.63, 3.8) is 0 Å². The van der Waals surface area contributed by atoms with Crippen molar-refractivity contribution in [1.82, 2.24) is 0 Å². The number of benzene rings is 1. The largest absolute Gasteiger partial charge is 0.496 e. The third-order valence-electron chi connectivity index (χ3n) is 4.54. The monoisotopic (exact) mass is 247 g/mol. The molecule has 0 saturated heterocycles. The molecule has 3 rings (SSSR count). The molecule has 0 spiro atoms. The zero-order valence-corrected chi connectivity index (χ0v) is 10.9. The predicted molar refractivity (Wildman–Crippen MR) is 71.8 cm³/mol. The molecule has 1 aromatic rings. The van der Waals surface area contributed by atoms with Gasteiger partial charge in [-0.1, -0.05) is 6.42 Å². The number of hydrogen-bond donors (Lipinski definition) is 2. The van der Waals surface area contributed by atoms with E-state index in [0.29, 0.717) is 6.04 Å². The van der Waals surface area contributed by atoms with Crippen molar-refractivity contribution in [3.05, 3.63) is 23.8 Å². The smallest absolute Gasteiger partial charge is 0.124 e. The first-order valence-electron chi connectivity index (χ1n) is 6.84. The van der Waals surface area contributed by atoms with E-state index in [1.54, 1.807) is 7.11 Å². The average Bonchev–Trinajstić information content (AvgIpc) is 3.01. The van der Waals surface area contributed by atoms with E-state index >= 15 is 0 Å². The van der Waals surface area contributed by atoms with Crippen molar-refractivity contribution in [1.29, 1.82) is 0 Å². The third kappa shape index (κ3) is 2.07. The molecule has 3 heteroatoms. The van der Waals surface area contributed by atoms with E-state index in [0.717, 1.165) is 28.8 Å². The Kier molecular flexibility index (Phi) is 3.16. The molecule has 2 bridgehead atoms. The number of ether oxygens (including phenoxy) is 1. The van der Waals surface area contributed by atoms with Gasteiger partial charge in [0, 0.05) is 17.3 Å². The summed E-state index contributed by atoms with van der Waals surface area (Å²) in [6, 6.07) is 6.61. The molecular weight excluding hydrogens is 226 g/mol. The van der Waals surface area contributed by atoms with E-state index in [-0.39, 0.29) is 6.61 Å². The lowest BCUT2D eigenvalue weighted by Gasteiger charge is -2.24. The molecule has 2 N–H and O–H groups in total. The lowest BCUT2D eigenvalue weighted by Crippen LogP contribution is -2.25. The van der Waals surface area contributed by atoms with Crippen LogP contribution >= 0.6 is 0 Å². The number of fused-ring (bicyclic) bond motifs is 2. The molecule has 2 fully saturated rings. The maximum Gasteiger partial charge on any atom is 0.124 e. The van der Waals surface area contributed by atoms with Gasteiger partial charge in [0.15, 0.2) is 0 Å². The van der Waals surface area contributed by atoms with Gasteiger partial charge in [0.05, 0.1) is 13.7 Å². The SMILES string of the molecule is COc1ccc(NC2CC3CCC2C3)cc1CO. The molecule has 3 atom stereocenters. The molecule has 2 aliphatic rings. The van der Waals surface area contributed by atoms with Gasteiger partial charge in [0.1, 0.15) is 5.75 Å². The minimum Gasteiger partial charge on any atom is -0.496 e. The number of nitrogens with one attached hydrogen (secondary N) is 1. The summed E-state index contributed by atoms with van der Waals surface area (Å²) in [4.78, 5) is 0. The second-order valence-electron chi connectivity index (χ2n) is 5.61. The summed E-state index contributed by atoms with van der Waals surface area (Å²) in [6.45, 7) is 0.0232. The molecule has 0 amide bonds. The molecule has 18 heavy (non-hydrogen) atoms. The number of anilines is 1. The topological polar surface area (TPSA) is 41.5 Å². The first-order chi connectivity index (χ1) is 8.80. The number of rotatable bonds is 4. The van der Waals surface area contributed by atoms with Crippen LogP contribution in [-0.4, -0.2) is 18.3 Å². The lowest BCUT2D eigenvalue weighted by molar-refractivity contribution is 0.274. The van der Waals surface area contributed by atoms with Crippen LogP contribution in [0.1, 0.15) is 31.2 Å². The van der Waals surface area contributed by atoms with E-state index in [4.69, 9.17) is 4.74 Å². The van der Waals surface area contributed by atoms with Crippen LogP contribution < -0.4 is 10.1 Å². The molecule has 0 aromatic heterocycles. The number of methoxy groups -OCH3 is 1. The van der Waals surface area contributed by atoms with Gasteiger partial charge < -0.3 is 15.2 Å². The highest BCUT2D eigenvalue weighted by molar-refractivity contribution is 5.52. The van der Waals surface area contributed by atoms with Crippen LogP contribution in [0.3, 0.4) is 0 Å². The highest BCUT2D eigenvalue weighted by Gasteiger charge is 2.39. The van der Waals surface area contributed by atoms with E-state index < -0.39 is 0 Å². The number of aliphatic hydroxyl groups is 1. The molecule has 2 aliphatic carbocycles. The molecule has 98 valence electrons. The Morgan fingerprint density at radius 1 is 1.33 bits per heavy atom. The van der Waals surface area contributed by atoms with E-state index in [2.05, 4.69) is 5.32 Å². The van der Waals surface area contributed by atoms with Crippen LogP contribution in [0.4, 0.5) is 5.69 Å². The predicted octanol–water partition coefficient (Wildman–Crippen LogP) is 2.79. The van der Waals surface area contributed by atoms with E-state index in [1.807, 2.05) is 18.2 Å². The quantitative estimate of drug-likeness (QED) is 0.859. The molecule has 0 heterocycles. The van der Waals surface area contributed by atoms with E-state index in [9.17, 15) is 5.11 Å². The van der Waals surface area contributed by atoms with Crippen LogP contribution in [-0.2, 0) is 6.61 Å². The van der Waals surface area contributed by atoms with Gasteiger partial charge in [-0.15, -0.1) is 0 Å². The molecule has 1 aromatic carbocycles. The fourth-order valence-corrected chi connectivity index (χ4v) is 3.63. The minimum absolute atomic E-state index is 0.0232. The van der Waals surface area contributed by atoms with Gasteiger partial charge in [-0.25, -0.2) is 0 Å². The van der Waals surface area contributed by atoms with E-state index in [1.165, 1.54) is 25.7 Å². The Hall–Kier alpha value is -1.22. The van der Waals surface area contributed by atoms with Gasteiger partial charge in [-0.3, -0.25) is 0 Å². The van der Waals surface area contributed by atoms with Crippen molar-refractivity contribution >= 4 is 5.69 Å². The van der Waals surface area contributed by atoms with Crippen LogP contribution in [0, 0.1) is 11.8 Å². The Balaban J connectivity index is 1.73. The highest BCUT2D eigenvalue weighted by Crippen LogP contribution is 2.45. The lowest BCUT2D eigenvalue weighted by atomic mass is 9.95. The minimum atomic E-state index is 0.0232. The zero-order chi connectivity index (χ0) is 12.5. The van der Waals surface area contributed by atoms with Gasteiger partial charge >= 0.3 is 0 Å². The maximum absolute atomic E-state index is 9.33. The van der Waals surface area contributed by atoms with Crippen molar-refractivity contribution in [2.75, 3.05) is 12.4 Å². The van der Waals surface area contributed by atoms with Crippen LogP contribution in [0.25, 0.3) is 0 Å². The summed E-state index contributed by atoms with van der Waals surface area (Å²) in [5, 5.41) is 13.0. The second-order valence-corrected chi connectivity index (χ2v) is 5.61. The van der Waals surface area contributed by atoms with Crippen molar-refractivity contribution in [2.45, 2.75) is 38.3 Å². The Morgan fingerprint density at radius 2 is 2.22 bits per heavy atom. The Bertz CT molecular complexity index is 433. The summed E-state index contributed by atoms with van der Waals surface area (Å²) in [5.74, 6) is 2.56. The van der Waals surface area contributed by atoms with Crippen molar-refractivity contribution < 1.29 is 9.84 Å². The average molecular weight is 247 g/mol. The second kappa shape index (κ2) is 4.81. The summed E-state index contributed by atoms with van der Waals surface area (Å²) in [5.41, 5.74) is 1.96. The third-order valence-corrected chi connectivity index (χ3v) is 4.54. The van der Waals surface area contributed by atoms with Crippen LogP contribution in [0.5, 0.6) is 5.75 Å². The molecule has 2 saturated carbocycles. The van der Waals surface area contributed by atoms with Crippen LogP contribution in [0.2, 0.25) is 0 Å². The standard InChI is InChI=1S/C15H21NO2/c1-18-15-5-4-13(8-12(15)9-17)16-14-7-10-2-3-11(14)6-10/h4-5,8,10-11,14,16-17H,2-3,6-7,9H2,1H3. The van der Waals surface area contributed by atoms with Gasteiger partial charge in [0.2, 0.25) is 0 Å². The summed E-state index contributed by atoms with van der Waals surface area (Å²) in [7, 11) is 1.64. The van der Waals surface area contributed by atoms with Crippen LogP contribution in [0.15, 0.2) is 18.2 Å².